The Morgan fingerprint density at radius 1 is 1.70 bits per heavy atom. The average Bonchev–Trinajstić information content (AvgIpc) is 2.67. The van der Waals surface area contributed by atoms with Gasteiger partial charge in [0.25, 0.3) is 0 Å². The summed E-state index contributed by atoms with van der Waals surface area (Å²) < 4.78 is 4.75. The number of carbonyl (C=O) groups is 1. The molecule has 0 saturated heterocycles. The second kappa shape index (κ2) is 3.81. The lowest BCUT2D eigenvalue weighted by Crippen LogP contribution is -2.26. The summed E-state index contributed by atoms with van der Waals surface area (Å²) in [6.07, 6.45) is 1.91. The van der Waals surface area contributed by atoms with Crippen LogP contribution in [0.1, 0.15) is 12.8 Å². The lowest BCUT2D eigenvalue weighted by molar-refractivity contribution is 0.153. The number of alkyl halides is 1. The van der Waals surface area contributed by atoms with Crippen LogP contribution in [-0.2, 0) is 4.74 Å². The minimum Gasteiger partial charge on any atom is -0.449 e. The quantitative estimate of drug-likeness (QED) is 0.709. The summed E-state index contributed by atoms with van der Waals surface area (Å²) in [5.41, 5.74) is 0. The second-order valence-corrected chi connectivity index (χ2v) is 3.04. The number of carbonyl (C=O) groups excluding carboxylic acids is 1. The second-order valence-electron chi connectivity index (χ2n) is 2.24. The van der Waals surface area contributed by atoms with Crippen LogP contribution in [-0.4, -0.2) is 24.1 Å². The highest BCUT2D eigenvalue weighted by atomic mass is 79.9. The smallest absolute Gasteiger partial charge is 0.407 e. The summed E-state index contributed by atoms with van der Waals surface area (Å²) in [5, 5.41) is 3.41. The molecule has 3 nitrogen and oxygen atoms in total. The summed E-state index contributed by atoms with van der Waals surface area (Å²) in [6, 6.07) is 0.392. The monoisotopic (exact) mass is 207 g/mol. The standard InChI is InChI=1S/C6H10BrNO2/c7-3-4-10-6(9)8-5-1-2-5/h5H,1-4H2,(H,8,9). The number of halogens is 1. The minimum absolute atomic E-state index is 0.290. The fourth-order valence-electron chi connectivity index (χ4n) is 0.567. The molecule has 1 amide bonds. The van der Waals surface area contributed by atoms with E-state index in [0.29, 0.717) is 18.0 Å². The van der Waals surface area contributed by atoms with Crippen molar-refractivity contribution in [1.82, 2.24) is 5.32 Å². The van der Waals surface area contributed by atoms with Gasteiger partial charge in [-0.2, -0.15) is 0 Å². The lowest BCUT2D eigenvalue weighted by atomic mass is 10.7. The predicted molar refractivity (Wildman–Crippen MR) is 41.3 cm³/mol. The van der Waals surface area contributed by atoms with Crippen LogP contribution in [0.2, 0.25) is 0 Å². The van der Waals surface area contributed by atoms with Crippen molar-refractivity contribution in [2.45, 2.75) is 18.9 Å². The van der Waals surface area contributed by atoms with Crippen LogP contribution in [0.3, 0.4) is 0 Å². The first-order valence-corrected chi connectivity index (χ1v) is 4.44. The largest absolute Gasteiger partial charge is 0.449 e. The third-order valence-electron chi connectivity index (χ3n) is 1.21. The molecule has 4 heteroatoms. The van der Waals surface area contributed by atoms with E-state index in [4.69, 9.17) is 4.74 Å². The van der Waals surface area contributed by atoms with Gasteiger partial charge in [-0.25, -0.2) is 4.79 Å². The van der Waals surface area contributed by atoms with Crippen LogP contribution in [0.25, 0.3) is 0 Å². The van der Waals surface area contributed by atoms with E-state index >= 15 is 0 Å². The van der Waals surface area contributed by atoms with E-state index in [1.165, 1.54) is 0 Å². The van der Waals surface area contributed by atoms with E-state index in [1.807, 2.05) is 0 Å². The van der Waals surface area contributed by atoms with Crippen molar-refractivity contribution < 1.29 is 9.53 Å². The molecule has 0 unspecified atom stereocenters. The molecular weight excluding hydrogens is 198 g/mol. The van der Waals surface area contributed by atoms with Crippen LogP contribution in [0, 0.1) is 0 Å². The highest BCUT2D eigenvalue weighted by Gasteiger charge is 2.23. The van der Waals surface area contributed by atoms with E-state index in [1.54, 1.807) is 0 Å². The zero-order valence-corrected chi connectivity index (χ0v) is 7.19. The number of ether oxygens (including phenoxy) is 1. The van der Waals surface area contributed by atoms with E-state index in [2.05, 4.69) is 21.2 Å². The van der Waals surface area contributed by atoms with E-state index < -0.39 is 0 Å². The van der Waals surface area contributed by atoms with Crippen LogP contribution in [0.15, 0.2) is 0 Å². The fourth-order valence-corrected chi connectivity index (χ4v) is 0.729. The van der Waals surface area contributed by atoms with Gasteiger partial charge in [-0.05, 0) is 12.8 Å². The number of amides is 1. The van der Waals surface area contributed by atoms with Crippen molar-refractivity contribution in [2.24, 2.45) is 0 Å². The van der Waals surface area contributed by atoms with Crippen molar-refractivity contribution in [2.75, 3.05) is 11.9 Å². The fraction of sp³-hybridized carbons (Fsp3) is 0.833. The molecule has 0 heterocycles. The van der Waals surface area contributed by atoms with Gasteiger partial charge >= 0.3 is 6.09 Å². The molecule has 1 N–H and O–H groups in total. The number of hydrogen-bond donors (Lipinski definition) is 1. The van der Waals surface area contributed by atoms with Crippen molar-refractivity contribution in [3.8, 4) is 0 Å². The normalized spacial score (nSPS) is 16.5. The Morgan fingerprint density at radius 2 is 2.40 bits per heavy atom. The summed E-state index contributed by atoms with van der Waals surface area (Å²) >= 11 is 3.15. The maximum atomic E-state index is 10.7. The Kier molecular flexibility index (Phi) is 2.99. The van der Waals surface area contributed by atoms with Crippen LogP contribution >= 0.6 is 15.9 Å². The highest BCUT2D eigenvalue weighted by Crippen LogP contribution is 2.18. The van der Waals surface area contributed by atoms with Crippen molar-refractivity contribution in [3.05, 3.63) is 0 Å². The number of alkyl carbamates (subject to hydrolysis) is 1. The number of hydrogen-bond acceptors (Lipinski definition) is 2. The molecule has 0 aliphatic heterocycles. The Morgan fingerprint density at radius 3 is 2.90 bits per heavy atom. The van der Waals surface area contributed by atoms with Gasteiger partial charge in [0.05, 0.1) is 0 Å². The molecule has 0 radical (unpaired) electrons. The van der Waals surface area contributed by atoms with Crippen molar-refractivity contribution >= 4 is 22.0 Å². The maximum Gasteiger partial charge on any atom is 0.407 e. The molecule has 1 saturated carbocycles. The highest BCUT2D eigenvalue weighted by molar-refractivity contribution is 9.09. The number of rotatable bonds is 3. The minimum atomic E-state index is -0.290. The molecule has 0 bridgehead atoms. The molecule has 0 aromatic heterocycles. The van der Waals surface area contributed by atoms with Gasteiger partial charge < -0.3 is 10.1 Å². The van der Waals surface area contributed by atoms with Crippen LogP contribution < -0.4 is 5.32 Å². The van der Waals surface area contributed by atoms with Gasteiger partial charge in [0, 0.05) is 11.4 Å². The molecule has 0 aromatic rings. The van der Waals surface area contributed by atoms with Gasteiger partial charge in [-0.1, -0.05) is 15.9 Å². The van der Waals surface area contributed by atoms with E-state index in [-0.39, 0.29) is 6.09 Å². The molecule has 1 fully saturated rings. The molecule has 0 aromatic carbocycles. The molecular formula is C6H10BrNO2. The first kappa shape index (κ1) is 7.85. The molecule has 58 valence electrons. The number of nitrogens with one attached hydrogen (secondary N) is 1. The first-order chi connectivity index (χ1) is 4.83. The van der Waals surface area contributed by atoms with E-state index in [0.717, 1.165) is 12.8 Å². The molecule has 1 aliphatic carbocycles. The van der Waals surface area contributed by atoms with Crippen LogP contribution in [0.5, 0.6) is 0 Å². The maximum absolute atomic E-state index is 10.7. The van der Waals surface area contributed by atoms with Gasteiger partial charge in [-0.15, -0.1) is 0 Å². The lowest BCUT2D eigenvalue weighted by Gasteiger charge is -2.02. The summed E-state index contributed by atoms with van der Waals surface area (Å²) in [4.78, 5) is 10.7. The van der Waals surface area contributed by atoms with Gasteiger partial charge in [0.2, 0.25) is 0 Å². The first-order valence-electron chi connectivity index (χ1n) is 3.32. The molecule has 0 spiro atoms. The van der Waals surface area contributed by atoms with Crippen molar-refractivity contribution in [1.29, 1.82) is 0 Å². The van der Waals surface area contributed by atoms with Gasteiger partial charge in [0.1, 0.15) is 6.61 Å². The summed E-state index contributed by atoms with van der Waals surface area (Å²) in [6.45, 7) is 0.443. The van der Waals surface area contributed by atoms with Crippen LogP contribution in [0.4, 0.5) is 4.79 Å². The van der Waals surface area contributed by atoms with E-state index in [9.17, 15) is 4.79 Å². The molecule has 0 atom stereocenters. The van der Waals surface area contributed by atoms with Crippen molar-refractivity contribution in [3.63, 3.8) is 0 Å². The summed E-state index contributed by atoms with van der Waals surface area (Å²) in [7, 11) is 0. The molecule has 1 rings (SSSR count). The third kappa shape index (κ3) is 3.06. The Labute approximate surface area is 68.3 Å². The summed E-state index contributed by atoms with van der Waals surface area (Å²) in [5.74, 6) is 0. The Hall–Kier alpha value is -0.250. The Bertz CT molecular complexity index is 125. The Balaban J connectivity index is 1.97. The zero-order valence-electron chi connectivity index (χ0n) is 5.60. The molecule has 1 aliphatic rings. The SMILES string of the molecule is O=C(NC1CC1)OCCBr. The topological polar surface area (TPSA) is 38.3 Å². The zero-order chi connectivity index (χ0) is 7.40. The average molecular weight is 208 g/mol. The molecule has 10 heavy (non-hydrogen) atoms. The predicted octanol–water partition coefficient (Wildman–Crippen LogP) is 1.27. The van der Waals surface area contributed by atoms with Gasteiger partial charge in [-0.3, -0.25) is 0 Å². The van der Waals surface area contributed by atoms with Gasteiger partial charge in [0.15, 0.2) is 0 Å². The third-order valence-corrected chi connectivity index (χ3v) is 1.53.